The first-order valence-corrected chi connectivity index (χ1v) is 8.61. The second-order valence-electron chi connectivity index (χ2n) is 6.92. The van der Waals surface area contributed by atoms with Gasteiger partial charge in [-0.05, 0) is 44.5 Å². The molecule has 0 spiro atoms. The molecule has 1 fully saturated rings. The highest BCUT2D eigenvalue weighted by atomic mass is 15.2. The van der Waals surface area contributed by atoms with Crippen LogP contribution in [0.2, 0.25) is 0 Å². The monoisotopic (exact) mass is 312 g/mol. The first-order valence-electron chi connectivity index (χ1n) is 8.61. The van der Waals surface area contributed by atoms with E-state index in [0.29, 0.717) is 0 Å². The average Bonchev–Trinajstić information content (AvgIpc) is 2.95. The molecule has 4 heteroatoms. The zero-order chi connectivity index (χ0) is 16.1. The summed E-state index contributed by atoms with van der Waals surface area (Å²) in [5.74, 6) is 0.823. The lowest BCUT2D eigenvalue weighted by Crippen LogP contribution is -2.37. The molecule has 0 aliphatic carbocycles. The summed E-state index contributed by atoms with van der Waals surface area (Å²) in [4.78, 5) is 5.03. The van der Waals surface area contributed by atoms with E-state index in [-0.39, 0.29) is 0 Å². The Hall–Kier alpha value is -1.65. The first-order chi connectivity index (χ1) is 11.2. The van der Waals surface area contributed by atoms with Crippen molar-refractivity contribution in [3.8, 4) is 0 Å². The van der Waals surface area contributed by atoms with Gasteiger partial charge in [0.25, 0.3) is 0 Å². The van der Waals surface area contributed by atoms with Crippen molar-refractivity contribution in [3.05, 3.63) is 53.9 Å². The molecule has 0 saturated carbocycles. The fourth-order valence-electron chi connectivity index (χ4n) is 3.54. The molecular formula is C19H28N4. The minimum absolute atomic E-state index is 0.823. The quantitative estimate of drug-likeness (QED) is 0.820. The van der Waals surface area contributed by atoms with Crippen LogP contribution < -0.4 is 0 Å². The maximum Gasteiger partial charge on any atom is 0.0534 e. The van der Waals surface area contributed by atoms with E-state index >= 15 is 0 Å². The van der Waals surface area contributed by atoms with Gasteiger partial charge in [0.05, 0.1) is 6.20 Å². The topological polar surface area (TPSA) is 24.3 Å². The van der Waals surface area contributed by atoms with Crippen molar-refractivity contribution in [3.63, 3.8) is 0 Å². The third kappa shape index (κ3) is 4.91. The molecule has 2 aromatic rings. The van der Waals surface area contributed by atoms with Crippen LogP contribution in [0.1, 0.15) is 24.0 Å². The van der Waals surface area contributed by atoms with Crippen LogP contribution in [0.5, 0.6) is 0 Å². The van der Waals surface area contributed by atoms with Gasteiger partial charge in [0.15, 0.2) is 0 Å². The first kappa shape index (κ1) is 16.2. The lowest BCUT2D eigenvalue weighted by molar-refractivity contribution is 0.147. The van der Waals surface area contributed by atoms with Gasteiger partial charge in [0.2, 0.25) is 0 Å². The van der Waals surface area contributed by atoms with Crippen molar-refractivity contribution >= 4 is 0 Å². The Morgan fingerprint density at radius 2 is 1.87 bits per heavy atom. The van der Waals surface area contributed by atoms with Crippen molar-refractivity contribution < 1.29 is 0 Å². The molecule has 0 bridgehead atoms. The molecule has 2 heterocycles. The van der Waals surface area contributed by atoms with Crippen LogP contribution in [0.4, 0.5) is 0 Å². The van der Waals surface area contributed by atoms with E-state index < -0.39 is 0 Å². The zero-order valence-corrected chi connectivity index (χ0v) is 14.4. The Labute approximate surface area is 139 Å². The van der Waals surface area contributed by atoms with Gasteiger partial charge in [-0.1, -0.05) is 30.3 Å². The summed E-state index contributed by atoms with van der Waals surface area (Å²) in [6, 6.07) is 10.8. The van der Waals surface area contributed by atoms with E-state index in [1.165, 1.54) is 43.6 Å². The Balaban J connectivity index is 1.40. The van der Waals surface area contributed by atoms with E-state index in [1.54, 1.807) is 0 Å². The Morgan fingerprint density at radius 1 is 1.13 bits per heavy atom. The summed E-state index contributed by atoms with van der Waals surface area (Å²) in [5.41, 5.74) is 2.73. The van der Waals surface area contributed by atoms with Crippen LogP contribution in [0.25, 0.3) is 0 Å². The standard InChI is InChI=1S/C19H28N4/c1-21(14-19-12-20-22(2)15-19)13-18-8-10-23(11-9-18)16-17-6-4-3-5-7-17/h3-7,12,15,18H,8-11,13-14,16H2,1-2H3. The van der Waals surface area contributed by atoms with Crippen molar-refractivity contribution in [2.75, 3.05) is 26.7 Å². The third-order valence-electron chi connectivity index (χ3n) is 4.74. The van der Waals surface area contributed by atoms with Crippen molar-refractivity contribution in [1.29, 1.82) is 0 Å². The summed E-state index contributed by atoms with van der Waals surface area (Å²) < 4.78 is 1.88. The van der Waals surface area contributed by atoms with E-state index in [0.717, 1.165) is 19.0 Å². The molecule has 0 atom stereocenters. The molecule has 0 N–H and O–H groups in total. The highest BCUT2D eigenvalue weighted by Gasteiger charge is 2.20. The van der Waals surface area contributed by atoms with Gasteiger partial charge >= 0.3 is 0 Å². The molecule has 1 saturated heterocycles. The smallest absolute Gasteiger partial charge is 0.0534 e. The Morgan fingerprint density at radius 3 is 2.52 bits per heavy atom. The van der Waals surface area contributed by atoms with Crippen LogP contribution in [0.3, 0.4) is 0 Å². The lowest BCUT2D eigenvalue weighted by Gasteiger charge is -2.33. The fourth-order valence-corrected chi connectivity index (χ4v) is 3.54. The molecule has 0 radical (unpaired) electrons. The minimum Gasteiger partial charge on any atom is -0.302 e. The van der Waals surface area contributed by atoms with Gasteiger partial charge in [-0.2, -0.15) is 5.10 Å². The van der Waals surface area contributed by atoms with Crippen LogP contribution >= 0.6 is 0 Å². The van der Waals surface area contributed by atoms with E-state index in [9.17, 15) is 0 Å². The second-order valence-corrected chi connectivity index (χ2v) is 6.92. The number of hydrogen-bond acceptors (Lipinski definition) is 3. The lowest BCUT2D eigenvalue weighted by atomic mass is 9.96. The van der Waals surface area contributed by atoms with Gasteiger partial charge < -0.3 is 4.90 Å². The van der Waals surface area contributed by atoms with Crippen molar-refractivity contribution in [2.24, 2.45) is 13.0 Å². The van der Waals surface area contributed by atoms with Crippen LogP contribution in [0.15, 0.2) is 42.7 Å². The Bertz CT molecular complexity index is 584. The number of hydrogen-bond donors (Lipinski definition) is 0. The number of aromatic nitrogens is 2. The summed E-state index contributed by atoms with van der Waals surface area (Å²) in [6.07, 6.45) is 6.70. The highest BCUT2D eigenvalue weighted by Crippen LogP contribution is 2.20. The number of rotatable bonds is 6. The molecule has 124 valence electrons. The van der Waals surface area contributed by atoms with Crippen LogP contribution in [0, 0.1) is 5.92 Å². The molecule has 0 unspecified atom stereocenters. The molecule has 0 amide bonds. The maximum atomic E-state index is 4.25. The molecule has 23 heavy (non-hydrogen) atoms. The average molecular weight is 312 g/mol. The Kier molecular flexibility index (Phi) is 5.47. The normalized spacial score (nSPS) is 17.0. The number of piperidine rings is 1. The zero-order valence-electron chi connectivity index (χ0n) is 14.4. The number of benzene rings is 1. The van der Waals surface area contributed by atoms with E-state index in [4.69, 9.17) is 0 Å². The van der Waals surface area contributed by atoms with Crippen molar-refractivity contribution in [1.82, 2.24) is 19.6 Å². The van der Waals surface area contributed by atoms with E-state index in [2.05, 4.69) is 58.5 Å². The predicted octanol–water partition coefficient (Wildman–Crippen LogP) is 2.76. The van der Waals surface area contributed by atoms with Crippen LogP contribution in [-0.2, 0) is 20.1 Å². The molecule has 4 nitrogen and oxygen atoms in total. The van der Waals surface area contributed by atoms with Crippen LogP contribution in [-0.4, -0.2) is 46.3 Å². The van der Waals surface area contributed by atoms with Crippen molar-refractivity contribution in [2.45, 2.75) is 25.9 Å². The number of nitrogens with zero attached hydrogens (tertiary/aromatic N) is 4. The molecule has 3 rings (SSSR count). The maximum absolute atomic E-state index is 4.25. The summed E-state index contributed by atoms with van der Waals surface area (Å²) in [5, 5.41) is 4.25. The molecule has 1 aliphatic rings. The van der Waals surface area contributed by atoms with Gasteiger partial charge in [-0.3, -0.25) is 9.58 Å². The number of likely N-dealkylation sites (tertiary alicyclic amines) is 1. The fraction of sp³-hybridized carbons (Fsp3) is 0.526. The number of aryl methyl sites for hydroxylation is 1. The summed E-state index contributed by atoms with van der Waals surface area (Å²) in [6.45, 7) is 5.73. The van der Waals surface area contributed by atoms with Gasteiger partial charge in [0, 0.05) is 38.4 Å². The third-order valence-corrected chi connectivity index (χ3v) is 4.74. The van der Waals surface area contributed by atoms with E-state index in [1.807, 2.05) is 17.9 Å². The molecular weight excluding hydrogens is 284 g/mol. The SMILES string of the molecule is CN(Cc1cnn(C)c1)CC1CCN(Cc2ccccc2)CC1. The van der Waals surface area contributed by atoms with Gasteiger partial charge in [0.1, 0.15) is 0 Å². The molecule has 1 aromatic carbocycles. The van der Waals surface area contributed by atoms with Gasteiger partial charge in [-0.15, -0.1) is 0 Å². The largest absolute Gasteiger partial charge is 0.302 e. The molecule has 1 aromatic heterocycles. The predicted molar refractivity (Wildman–Crippen MR) is 94.0 cm³/mol. The molecule has 1 aliphatic heterocycles. The minimum atomic E-state index is 0.823. The van der Waals surface area contributed by atoms with Gasteiger partial charge in [-0.25, -0.2) is 0 Å². The summed E-state index contributed by atoms with van der Waals surface area (Å²) >= 11 is 0. The summed E-state index contributed by atoms with van der Waals surface area (Å²) in [7, 11) is 4.20. The second kappa shape index (κ2) is 7.75. The highest BCUT2D eigenvalue weighted by molar-refractivity contribution is 5.14.